The van der Waals surface area contributed by atoms with Crippen LogP contribution in [0.1, 0.15) is 45.6 Å². The van der Waals surface area contributed by atoms with Crippen LogP contribution in [0.5, 0.6) is 5.75 Å². The van der Waals surface area contributed by atoms with E-state index in [0.29, 0.717) is 18.9 Å². The molecular formula is C18H30N2O4S. The predicted molar refractivity (Wildman–Crippen MR) is 99.3 cm³/mol. The molecule has 7 heteroatoms. The van der Waals surface area contributed by atoms with Gasteiger partial charge in [-0.15, -0.1) is 0 Å². The lowest BCUT2D eigenvalue weighted by Crippen LogP contribution is -2.40. The molecule has 0 fully saturated rings. The summed E-state index contributed by atoms with van der Waals surface area (Å²) in [5, 5.41) is 2.78. The molecule has 0 aromatic heterocycles. The van der Waals surface area contributed by atoms with Crippen LogP contribution in [0, 0.1) is 6.92 Å². The van der Waals surface area contributed by atoms with Gasteiger partial charge in [0.15, 0.2) is 0 Å². The second-order valence-electron chi connectivity index (χ2n) is 5.85. The van der Waals surface area contributed by atoms with E-state index in [0.717, 1.165) is 24.8 Å². The Balaban J connectivity index is 2.83. The van der Waals surface area contributed by atoms with Gasteiger partial charge in [-0.1, -0.05) is 26.7 Å². The van der Waals surface area contributed by atoms with Crippen LogP contribution >= 0.6 is 0 Å². The third-order valence-corrected chi connectivity index (χ3v) is 5.78. The van der Waals surface area contributed by atoms with E-state index in [4.69, 9.17) is 4.74 Å². The van der Waals surface area contributed by atoms with Crippen LogP contribution in [0.15, 0.2) is 23.1 Å². The number of hydrogen-bond acceptors (Lipinski definition) is 4. The highest BCUT2D eigenvalue weighted by atomic mass is 32.2. The summed E-state index contributed by atoms with van der Waals surface area (Å²) in [7, 11) is -3.72. The van der Waals surface area contributed by atoms with E-state index in [1.165, 1.54) is 10.4 Å². The van der Waals surface area contributed by atoms with Gasteiger partial charge in [-0.05, 0) is 44.0 Å². The van der Waals surface area contributed by atoms with Crippen LogP contribution in [-0.2, 0) is 14.8 Å². The fraction of sp³-hybridized carbons (Fsp3) is 0.611. The van der Waals surface area contributed by atoms with E-state index >= 15 is 0 Å². The number of likely N-dealkylation sites (N-methyl/N-ethyl adjacent to an activating group) is 1. The Kier molecular flexibility index (Phi) is 8.92. The van der Waals surface area contributed by atoms with Crippen LogP contribution in [-0.4, -0.2) is 44.9 Å². The number of aryl methyl sites for hydroxylation is 1. The van der Waals surface area contributed by atoms with Crippen LogP contribution in [0.25, 0.3) is 0 Å². The molecular weight excluding hydrogens is 340 g/mol. The Bertz CT molecular complexity index is 659. The smallest absolute Gasteiger partial charge is 0.243 e. The lowest BCUT2D eigenvalue weighted by molar-refractivity contribution is -0.121. The highest BCUT2D eigenvalue weighted by Gasteiger charge is 2.25. The van der Waals surface area contributed by atoms with Gasteiger partial charge in [0.05, 0.1) is 18.0 Å². The van der Waals surface area contributed by atoms with Gasteiger partial charge in [0.2, 0.25) is 15.9 Å². The number of carbonyl (C=O) groups is 1. The Labute approximate surface area is 151 Å². The number of nitrogens with zero attached hydrogens (tertiary/aromatic N) is 1. The van der Waals surface area contributed by atoms with Gasteiger partial charge in [-0.25, -0.2) is 8.42 Å². The van der Waals surface area contributed by atoms with Gasteiger partial charge in [-0.3, -0.25) is 4.79 Å². The molecule has 0 radical (unpaired) electrons. The molecule has 0 atom stereocenters. The summed E-state index contributed by atoms with van der Waals surface area (Å²) >= 11 is 0. The number of sulfonamides is 1. The van der Waals surface area contributed by atoms with Gasteiger partial charge in [0.25, 0.3) is 0 Å². The maximum absolute atomic E-state index is 12.8. The maximum atomic E-state index is 12.8. The number of amides is 1. The van der Waals surface area contributed by atoms with Gasteiger partial charge in [0.1, 0.15) is 5.75 Å². The first kappa shape index (κ1) is 21.4. The van der Waals surface area contributed by atoms with Gasteiger partial charge in [0, 0.05) is 13.1 Å². The molecule has 6 nitrogen and oxygen atoms in total. The van der Waals surface area contributed by atoms with Crippen molar-refractivity contribution in [2.45, 2.75) is 51.9 Å². The van der Waals surface area contributed by atoms with Crippen molar-refractivity contribution in [2.75, 3.05) is 26.2 Å². The molecule has 0 bridgehead atoms. The summed E-state index contributed by atoms with van der Waals surface area (Å²) in [6.45, 7) is 8.66. The van der Waals surface area contributed by atoms with Crippen molar-refractivity contribution in [3.63, 3.8) is 0 Å². The fourth-order valence-electron chi connectivity index (χ4n) is 2.43. The quantitative estimate of drug-likeness (QED) is 0.608. The molecule has 25 heavy (non-hydrogen) atoms. The van der Waals surface area contributed by atoms with Crippen molar-refractivity contribution in [3.05, 3.63) is 23.8 Å². The molecule has 0 saturated carbocycles. The Morgan fingerprint density at radius 1 is 1.20 bits per heavy atom. The zero-order valence-corrected chi connectivity index (χ0v) is 16.5. The third kappa shape index (κ3) is 6.32. The third-order valence-electron chi connectivity index (χ3n) is 3.86. The molecule has 1 rings (SSSR count). The van der Waals surface area contributed by atoms with Crippen molar-refractivity contribution in [1.29, 1.82) is 0 Å². The Hall–Kier alpha value is -1.60. The van der Waals surface area contributed by atoms with E-state index in [1.807, 2.05) is 6.92 Å². The van der Waals surface area contributed by atoms with Gasteiger partial charge < -0.3 is 10.1 Å². The van der Waals surface area contributed by atoms with E-state index in [-0.39, 0.29) is 23.9 Å². The highest BCUT2D eigenvalue weighted by molar-refractivity contribution is 7.89. The molecule has 1 N–H and O–H groups in total. The van der Waals surface area contributed by atoms with E-state index < -0.39 is 10.0 Å². The normalized spacial score (nSPS) is 11.6. The molecule has 1 amide bonds. The number of unbranched alkanes of at least 4 members (excludes halogenated alkanes) is 2. The largest absolute Gasteiger partial charge is 0.494 e. The lowest BCUT2D eigenvalue weighted by atomic mass is 10.2. The minimum absolute atomic E-state index is 0.169. The number of rotatable bonds is 11. The minimum Gasteiger partial charge on any atom is -0.494 e. The van der Waals surface area contributed by atoms with Gasteiger partial charge >= 0.3 is 0 Å². The van der Waals surface area contributed by atoms with Crippen molar-refractivity contribution in [3.8, 4) is 5.75 Å². The monoisotopic (exact) mass is 370 g/mol. The molecule has 0 aliphatic heterocycles. The highest BCUT2D eigenvalue weighted by Crippen LogP contribution is 2.24. The van der Waals surface area contributed by atoms with E-state index in [1.54, 1.807) is 26.0 Å². The summed E-state index contributed by atoms with van der Waals surface area (Å²) in [4.78, 5) is 12.2. The topological polar surface area (TPSA) is 75.7 Å². The van der Waals surface area contributed by atoms with Crippen LogP contribution in [0.3, 0.4) is 0 Å². The average Bonchev–Trinajstić information content (AvgIpc) is 2.58. The lowest BCUT2D eigenvalue weighted by Gasteiger charge is -2.20. The van der Waals surface area contributed by atoms with Crippen molar-refractivity contribution >= 4 is 15.9 Å². The summed E-state index contributed by atoms with van der Waals surface area (Å²) < 4.78 is 32.2. The maximum Gasteiger partial charge on any atom is 0.243 e. The molecule has 1 aromatic carbocycles. The van der Waals surface area contributed by atoms with Crippen molar-refractivity contribution < 1.29 is 17.9 Å². The number of nitrogens with one attached hydrogen (secondary N) is 1. The second kappa shape index (κ2) is 10.4. The molecule has 0 unspecified atom stereocenters. The van der Waals surface area contributed by atoms with Gasteiger partial charge in [-0.2, -0.15) is 4.31 Å². The number of benzene rings is 1. The first-order valence-electron chi connectivity index (χ1n) is 8.87. The Morgan fingerprint density at radius 3 is 2.48 bits per heavy atom. The van der Waals surface area contributed by atoms with Crippen LogP contribution < -0.4 is 10.1 Å². The SMILES string of the molecule is CCCCCNC(=O)CN(CC)S(=O)(=O)c1ccc(OCC)c(C)c1. The minimum atomic E-state index is -3.72. The summed E-state index contributed by atoms with van der Waals surface area (Å²) in [6, 6.07) is 4.77. The second-order valence-corrected chi connectivity index (χ2v) is 7.79. The molecule has 0 spiro atoms. The summed E-state index contributed by atoms with van der Waals surface area (Å²) in [6.07, 6.45) is 3.02. The average molecular weight is 371 g/mol. The molecule has 142 valence electrons. The fourth-order valence-corrected chi connectivity index (χ4v) is 3.93. The van der Waals surface area contributed by atoms with Crippen LogP contribution in [0.2, 0.25) is 0 Å². The summed E-state index contributed by atoms with van der Waals surface area (Å²) in [5.41, 5.74) is 0.753. The van der Waals surface area contributed by atoms with Crippen molar-refractivity contribution in [1.82, 2.24) is 9.62 Å². The number of carbonyl (C=O) groups excluding carboxylic acids is 1. The number of hydrogen-bond donors (Lipinski definition) is 1. The predicted octanol–water partition coefficient (Wildman–Crippen LogP) is 2.71. The molecule has 0 heterocycles. The molecule has 0 aliphatic carbocycles. The van der Waals surface area contributed by atoms with E-state index in [9.17, 15) is 13.2 Å². The molecule has 1 aromatic rings. The zero-order chi connectivity index (χ0) is 18.9. The molecule has 0 saturated heterocycles. The van der Waals surface area contributed by atoms with Crippen LogP contribution in [0.4, 0.5) is 0 Å². The van der Waals surface area contributed by atoms with Crippen molar-refractivity contribution in [2.24, 2.45) is 0 Å². The zero-order valence-electron chi connectivity index (χ0n) is 15.7. The molecule has 0 aliphatic rings. The Morgan fingerprint density at radius 2 is 1.92 bits per heavy atom. The first-order chi connectivity index (χ1) is 11.9. The summed E-state index contributed by atoms with van der Waals surface area (Å²) in [5.74, 6) is 0.391. The standard InChI is InChI=1S/C18H30N2O4S/c1-5-8-9-12-19-18(21)14-20(6-2)25(22,23)16-10-11-17(24-7-3)15(4)13-16/h10-11,13H,5-9,12,14H2,1-4H3,(H,19,21). The number of ether oxygens (including phenoxy) is 1. The van der Waals surface area contributed by atoms with E-state index in [2.05, 4.69) is 12.2 Å². The first-order valence-corrected chi connectivity index (χ1v) is 10.3.